The quantitative estimate of drug-likeness (QED) is 0.884. The molecule has 2 aromatic rings. The lowest BCUT2D eigenvalue weighted by molar-refractivity contribution is 0.0944. The van der Waals surface area contributed by atoms with Gasteiger partial charge in [0.25, 0.3) is 11.5 Å². The number of amides is 1. The molecule has 0 bridgehead atoms. The van der Waals surface area contributed by atoms with Gasteiger partial charge in [-0.05, 0) is 24.3 Å². The monoisotopic (exact) mass is 337 g/mol. The number of nitrogens with zero attached hydrogens (tertiary/aromatic N) is 1. The molecular formula is C13H12BrN3O3. The van der Waals surface area contributed by atoms with E-state index in [1.165, 1.54) is 12.1 Å². The number of methoxy groups -OCH3 is 1. The van der Waals surface area contributed by atoms with Gasteiger partial charge in [-0.2, -0.15) is 5.10 Å². The van der Waals surface area contributed by atoms with Gasteiger partial charge in [0.2, 0.25) is 0 Å². The zero-order valence-electron chi connectivity index (χ0n) is 10.6. The van der Waals surface area contributed by atoms with Crippen LogP contribution in [0.2, 0.25) is 0 Å². The van der Waals surface area contributed by atoms with Crippen LogP contribution in [0, 0.1) is 0 Å². The second-order valence-corrected chi connectivity index (χ2v) is 4.86. The molecule has 0 unspecified atom stereocenters. The summed E-state index contributed by atoms with van der Waals surface area (Å²) in [6.45, 7) is 0.294. The summed E-state index contributed by atoms with van der Waals surface area (Å²) in [4.78, 5) is 22.7. The SMILES string of the molecule is COc1ccc(Br)cc1CNC(=O)c1ccc(=O)[nH]n1. The Balaban J connectivity index is 2.08. The summed E-state index contributed by atoms with van der Waals surface area (Å²) < 4.78 is 6.11. The van der Waals surface area contributed by atoms with E-state index in [1.807, 2.05) is 18.2 Å². The van der Waals surface area contributed by atoms with Crippen LogP contribution in [0.15, 0.2) is 39.6 Å². The molecule has 0 aliphatic heterocycles. The Morgan fingerprint density at radius 3 is 2.85 bits per heavy atom. The second kappa shape index (κ2) is 6.33. The van der Waals surface area contributed by atoms with Gasteiger partial charge in [0.1, 0.15) is 11.4 Å². The Labute approximate surface area is 123 Å². The lowest BCUT2D eigenvalue weighted by Gasteiger charge is -2.10. The number of carbonyl (C=O) groups excluding carboxylic acids is 1. The van der Waals surface area contributed by atoms with Crippen LogP contribution in [0.4, 0.5) is 0 Å². The topological polar surface area (TPSA) is 84.1 Å². The van der Waals surface area contributed by atoms with Crippen LogP contribution in [0.5, 0.6) is 5.75 Å². The Hall–Kier alpha value is -2.15. The molecule has 0 radical (unpaired) electrons. The maximum Gasteiger partial charge on any atom is 0.271 e. The largest absolute Gasteiger partial charge is 0.496 e. The van der Waals surface area contributed by atoms with Crippen molar-refractivity contribution >= 4 is 21.8 Å². The molecule has 2 N–H and O–H groups in total. The van der Waals surface area contributed by atoms with Gasteiger partial charge in [0.15, 0.2) is 0 Å². The number of aromatic nitrogens is 2. The highest BCUT2D eigenvalue weighted by atomic mass is 79.9. The van der Waals surface area contributed by atoms with Crippen LogP contribution in [-0.4, -0.2) is 23.2 Å². The van der Waals surface area contributed by atoms with Gasteiger partial charge >= 0.3 is 0 Å². The number of halogens is 1. The summed E-state index contributed by atoms with van der Waals surface area (Å²) in [7, 11) is 1.57. The third-order valence-corrected chi connectivity index (χ3v) is 3.09. The van der Waals surface area contributed by atoms with Gasteiger partial charge in [-0.1, -0.05) is 15.9 Å². The molecule has 0 aliphatic rings. The summed E-state index contributed by atoms with van der Waals surface area (Å²) in [5.74, 6) is 0.311. The van der Waals surface area contributed by atoms with Crippen molar-refractivity contribution in [2.24, 2.45) is 0 Å². The van der Waals surface area contributed by atoms with Gasteiger partial charge in [-0.15, -0.1) is 0 Å². The van der Waals surface area contributed by atoms with Crippen molar-refractivity contribution in [3.05, 3.63) is 56.4 Å². The average Bonchev–Trinajstić information content (AvgIpc) is 2.45. The number of hydrogen-bond acceptors (Lipinski definition) is 4. The highest BCUT2D eigenvalue weighted by Gasteiger charge is 2.09. The van der Waals surface area contributed by atoms with E-state index in [9.17, 15) is 9.59 Å². The lowest BCUT2D eigenvalue weighted by atomic mass is 10.2. The predicted octanol–water partition coefficient (Wildman–Crippen LogP) is 1.47. The van der Waals surface area contributed by atoms with Crippen LogP contribution in [-0.2, 0) is 6.54 Å². The predicted molar refractivity (Wildman–Crippen MR) is 76.7 cm³/mol. The summed E-state index contributed by atoms with van der Waals surface area (Å²) in [6, 6.07) is 8.14. The molecule has 0 aliphatic carbocycles. The number of H-pyrrole nitrogens is 1. The zero-order valence-corrected chi connectivity index (χ0v) is 12.2. The molecule has 1 amide bonds. The van der Waals surface area contributed by atoms with Gasteiger partial charge in [0, 0.05) is 22.6 Å². The second-order valence-electron chi connectivity index (χ2n) is 3.95. The molecule has 6 nitrogen and oxygen atoms in total. The summed E-state index contributed by atoms with van der Waals surface area (Å²) in [5.41, 5.74) is 0.633. The Bertz CT molecular complexity index is 664. The number of hydrogen-bond donors (Lipinski definition) is 2. The average molecular weight is 338 g/mol. The Kier molecular flexibility index (Phi) is 4.52. The van der Waals surface area contributed by atoms with E-state index in [4.69, 9.17) is 4.74 Å². The van der Waals surface area contributed by atoms with E-state index in [2.05, 4.69) is 31.4 Å². The van der Waals surface area contributed by atoms with E-state index < -0.39 is 0 Å². The molecule has 2 rings (SSSR count). The number of aromatic amines is 1. The third kappa shape index (κ3) is 3.45. The van der Waals surface area contributed by atoms with Crippen molar-refractivity contribution in [3.63, 3.8) is 0 Å². The van der Waals surface area contributed by atoms with Gasteiger partial charge in [0.05, 0.1) is 7.11 Å². The van der Waals surface area contributed by atoms with Crippen LogP contribution >= 0.6 is 15.9 Å². The highest BCUT2D eigenvalue weighted by molar-refractivity contribution is 9.10. The van der Waals surface area contributed by atoms with Crippen LogP contribution in [0.25, 0.3) is 0 Å². The minimum atomic E-state index is -0.372. The first-order valence-corrected chi connectivity index (χ1v) is 6.56. The Morgan fingerprint density at radius 1 is 1.40 bits per heavy atom. The molecule has 0 spiro atoms. The minimum Gasteiger partial charge on any atom is -0.496 e. The van der Waals surface area contributed by atoms with Crippen molar-refractivity contribution in [3.8, 4) is 5.75 Å². The molecule has 20 heavy (non-hydrogen) atoms. The molecule has 104 valence electrons. The molecule has 0 fully saturated rings. The van der Waals surface area contributed by atoms with Gasteiger partial charge in [-0.25, -0.2) is 5.10 Å². The normalized spacial score (nSPS) is 10.1. The van der Waals surface area contributed by atoms with Crippen molar-refractivity contribution in [2.75, 3.05) is 7.11 Å². The summed E-state index contributed by atoms with van der Waals surface area (Å²) in [6.07, 6.45) is 0. The fourth-order valence-corrected chi connectivity index (χ4v) is 2.03. The maximum absolute atomic E-state index is 11.9. The van der Waals surface area contributed by atoms with Gasteiger partial charge in [-0.3, -0.25) is 9.59 Å². The van der Waals surface area contributed by atoms with Crippen molar-refractivity contribution in [1.82, 2.24) is 15.5 Å². The van der Waals surface area contributed by atoms with E-state index >= 15 is 0 Å². The fourth-order valence-electron chi connectivity index (χ4n) is 1.62. The number of carbonyl (C=O) groups is 1. The van der Waals surface area contributed by atoms with Crippen molar-refractivity contribution < 1.29 is 9.53 Å². The number of ether oxygens (including phenoxy) is 1. The van der Waals surface area contributed by atoms with Crippen molar-refractivity contribution in [1.29, 1.82) is 0 Å². The first-order valence-electron chi connectivity index (χ1n) is 5.76. The number of benzene rings is 1. The zero-order chi connectivity index (χ0) is 14.5. The standard InChI is InChI=1S/C13H12BrN3O3/c1-20-11-4-2-9(14)6-8(11)7-15-13(19)10-3-5-12(18)17-16-10/h2-6H,7H2,1H3,(H,15,19)(H,17,18). The lowest BCUT2D eigenvalue weighted by Crippen LogP contribution is -2.25. The van der Waals surface area contributed by atoms with Crippen molar-refractivity contribution in [2.45, 2.75) is 6.54 Å². The molecule has 0 saturated heterocycles. The van der Waals surface area contributed by atoms with E-state index in [0.717, 1.165) is 10.0 Å². The molecule has 1 aromatic heterocycles. The first kappa shape index (κ1) is 14.3. The summed E-state index contributed by atoms with van der Waals surface area (Å²) >= 11 is 3.37. The third-order valence-electron chi connectivity index (χ3n) is 2.59. The Morgan fingerprint density at radius 2 is 2.20 bits per heavy atom. The molecule has 0 saturated carbocycles. The number of nitrogens with one attached hydrogen (secondary N) is 2. The molecule has 0 atom stereocenters. The van der Waals surface area contributed by atoms with Crippen LogP contribution in [0.3, 0.4) is 0 Å². The first-order chi connectivity index (χ1) is 9.60. The number of rotatable bonds is 4. The molecule has 1 aromatic carbocycles. The molecule has 1 heterocycles. The van der Waals surface area contributed by atoms with E-state index in [1.54, 1.807) is 7.11 Å². The van der Waals surface area contributed by atoms with Gasteiger partial charge < -0.3 is 10.1 Å². The molecule has 7 heteroatoms. The van der Waals surface area contributed by atoms with E-state index in [-0.39, 0.29) is 17.2 Å². The fraction of sp³-hybridized carbons (Fsp3) is 0.154. The highest BCUT2D eigenvalue weighted by Crippen LogP contribution is 2.22. The maximum atomic E-state index is 11.9. The van der Waals surface area contributed by atoms with Crippen LogP contribution < -0.4 is 15.6 Å². The van der Waals surface area contributed by atoms with E-state index in [0.29, 0.717) is 12.3 Å². The summed E-state index contributed by atoms with van der Waals surface area (Å²) in [5, 5.41) is 8.58. The minimum absolute atomic E-state index is 0.151. The van der Waals surface area contributed by atoms with Crippen LogP contribution in [0.1, 0.15) is 16.1 Å². The smallest absolute Gasteiger partial charge is 0.271 e. The molecular weight excluding hydrogens is 326 g/mol.